The van der Waals surface area contributed by atoms with Crippen molar-refractivity contribution in [1.29, 1.82) is 0 Å². The molecule has 0 spiro atoms. The number of aromatic nitrogens is 2. The maximum Gasteiger partial charge on any atom is 0.122 e. The summed E-state index contributed by atoms with van der Waals surface area (Å²) in [6.45, 7) is 10.2. The molecule has 0 radical (unpaired) electrons. The minimum atomic E-state index is -0.506. The molecule has 2 heterocycles. The van der Waals surface area contributed by atoms with E-state index in [0.29, 0.717) is 19.2 Å². The zero-order valence-electron chi connectivity index (χ0n) is 15.7. The summed E-state index contributed by atoms with van der Waals surface area (Å²) in [6.07, 6.45) is 1.76. The Morgan fingerprint density at radius 1 is 1.32 bits per heavy atom. The highest BCUT2D eigenvalue weighted by atomic mass is 16.5. The first-order valence-electron chi connectivity index (χ1n) is 9.09. The highest BCUT2D eigenvalue weighted by Gasteiger charge is 2.30. The average Bonchev–Trinajstić information content (AvgIpc) is 3.12. The molecule has 1 saturated heterocycles. The summed E-state index contributed by atoms with van der Waals surface area (Å²) in [5.74, 6) is 0.851. The SMILES string of the molecule is Cc1ccc(OCC(O)CN2CCCC2c2c(C)n[nH]c2C)c(C)c1. The van der Waals surface area contributed by atoms with Crippen molar-refractivity contribution < 1.29 is 9.84 Å². The standard InChI is InChI=1S/C20H29N3O2/c1-13-7-8-19(14(2)10-13)25-12-17(24)11-23-9-5-6-18(23)20-15(3)21-22-16(20)4/h7-8,10,17-18,24H,5-6,9,11-12H2,1-4H3,(H,21,22). The number of hydrogen-bond acceptors (Lipinski definition) is 4. The molecule has 5 heteroatoms. The van der Waals surface area contributed by atoms with E-state index in [0.717, 1.165) is 42.1 Å². The molecule has 1 aliphatic heterocycles. The van der Waals surface area contributed by atoms with E-state index >= 15 is 0 Å². The maximum atomic E-state index is 10.5. The quantitative estimate of drug-likeness (QED) is 0.845. The van der Waals surface area contributed by atoms with Gasteiger partial charge in [0.15, 0.2) is 0 Å². The second-order valence-electron chi connectivity index (χ2n) is 7.23. The minimum absolute atomic E-state index is 0.316. The van der Waals surface area contributed by atoms with Gasteiger partial charge in [-0.25, -0.2) is 0 Å². The van der Waals surface area contributed by atoms with Crippen LogP contribution in [0.3, 0.4) is 0 Å². The number of aromatic amines is 1. The summed E-state index contributed by atoms with van der Waals surface area (Å²) >= 11 is 0. The lowest BCUT2D eigenvalue weighted by molar-refractivity contribution is 0.0634. The Morgan fingerprint density at radius 2 is 2.12 bits per heavy atom. The van der Waals surface area contributed by atoms with E-state index in [1.165, 1.54) is 11.1 Å². The van der Waals surface area contributed by atoms with Crippen LogP contribution < -0.4 is 4.74 Å². The second-order valence-corrected chi connectivity index (χ2v) is 7.23. The number of H-pyrrole nitrogens is 1. The normalized spacial score (nSPS) is 19.3. The van der Waals surface area contributed by atoms with Gasteiger partial charge in [-0.3, -0.25) is 10.00 Å². The van der Waals surface area contributed by atoms with E-state index in [9.17, 15) is 5.11 Å². The molecule has 2 atom stereocenters. The highest BCUT2D eigenvalue weighted by Crippen LogP contribution is 2.34. The van der Waals surface area contributed by atoms with Gasteiger partial charge in [0.2, 0.25) is 0 Å². The lowest BCUT2D eigenvalue weighted by atomic mass is 10.0. The van der Waals surface area contributed by atoms with Gasteiger partial charge in [0.05, 0.1) is 5.69 Å². The van der Waals surface area contributed by atoms with Crippen molar-refractivity contribution in [2.24, 2.45) is 0 Å². The van der Waals surface area contributed by atoms with E-state index < -0.39 is 6.10 Å². The van der Waals surface area contributed by atoms with Crippen LogP contribution in [0, 0.1) is 27.7 Å². The molecule has 2 unspecified atom stereocenters. The van der Waals surface area contributed by atoms with E-state index in [-0.39, 0.29) is 0 Å². The molecule has 5 nitrogen and oxygen atoms in total. The fourth-order valence-corrected chi connectivity index (χ4v) is 3.89. The van der Waals surface area contributed by atoms with Crippen LogP contribution in [0.25, 0.3) is 0 Å². The lowest BCUT2D eigenvalue weighted by Gasteiger charge is -2.27. The molecule has 0 bridgehead atoms. The summed E-state index contributed by atoms with van der Waals surface area (Å²) < 4.78 is 5.84. The maximum absolute atomic E-state index is 10.5. The molecule has 1 aromatic carbocycles. The molecular weight excluding hydrogens is 314 g/mol. The van der Waals surface area contributed by atoms with Crippen molar-refractivity contribution in [3.05, 3.63) is 46.3 Å². The van der Waals surface area contributed by atoms with Crippen molar-refractivity contribution in [2.75, 3.05) is 19.7 Å². The van der Waals surface area contributed by atoms with Gasteiger partial charge in [0.25, 0.3) is 0 Å². The van der Waals surface area contributed by atoms with Crippen molar-refractivity contribution >= 4 is 0 Å². The number of nitrogens with zero attached hydrogens (tertiary/aromatic N) is 2. The summed E-state index contributed by atoms with van der Waals surface area (Å²) in [4.78, 5) is 2.36. The molecule has 136 valence electrons. The van der Waals surface area contributed by atoms with Gasteiger partial charge < -0.3 is 9.84 Å². The predicted octanol–water partition coefficient (Wildman–Crippen LogP) is 3.22. The third-order valence-electron chi connectivity index (χ3n) is 5.09. The van der Waals surface area contributed by atoms with Crippen LogP contribution in [0.5, 0.6) is 5.75 Å². The minimum Gasteiger partial charge on any atom is -0.491 e. The summed E-state index contributed by atoms with van der Waals surface area (Å²) in [5.41, 5.74) is 5.82. The average molecular weight is 343 g/mol. The Balaban J connectivity index is 1.59. The summed E-state index contributed by atoms with van der Waals surface area (Å²) in [6, 6.07) is 6.46. The van der Waals surface area contributed by atoms with Gasteiger partial charge in [0.1, 0.15) is 18.5 Å². The smallest absolute Gasteiger partial charge is 0.122 e. The van der Waals surface area contributed by atoms with E-state index in [1.807, 2.05) is 19.1 Å². The van der Waals surface area contributed by atoms with Crippen molar-refractivity contribution in [2.45, 2.75) is 52.7 Å². The number of ether oxygens (including phenoxy) is 1. The zero-order valence-corrected chi connectivity index (χ0v) is 15.7. The summed E-state index contributed by atoms with van der Waals surface area (Å²) in [7, 11) is 0. The largest absolute Gasteiger partial charge is 0.491 e. The van der Waals surface area contributed by atoms with Crippen molar-refractivity contribution in [1.82, 2.24) is 15.1 Å². The second kappa shape index (κ2) is 7.58. The van der Waals surface area contributed by atoms with E-state index in [2.05, 4.69) is 41.9 Å². The number of hydrogen-bond donors (Lipinski definition) is 2. The third kappa shape index (κ3) is 4.05. The van der Waals surface area contributed by atoms with Crippen LogP contribution >= 0.6 is 0 Å². The van der Waals surface area contributed by atoms with Gasteiger partial charge in [-0.2, -0.15) is 5.10 Å². The first kappa shape index (κ1) is 18.0. The molecule has 3 rings (SSSR count). The molecule has 0 saturated carbocycles. The molecule has 1 fully saturated rings. The van der Waals surface area contributed by atoms with Crippen molar-refractivity contribution in [3.63, 3.8) is 0 Å². The molecule has 25 heavy (non-hydrogen) atoms. The van der Waals surface area contributed by atoms with Crippen LogP contribution in [0.4, 0.5) is 0 Å². The molecular formula is C20H29N3O2. The molecule has 0 amide bonds. The molecule has 0 aliphatic carbocycles. The number of aliphatic hydroxyl groups excluding tert-OH is 1. The van der Waals surface area contributed by atoms with Crippen LogP contribution in [0.1, 0.15) is 47.0 Å². The van der Waals surface area contributed by atoms with Gasteiger partial charge in [-0.1, -0.05) is 17.7 Å². The number of rotatable bonds is 6. The van der Waals surface area contributed by atoms with Crippen LogP contribution in [0.2, 0.25) is 0 Å². The number of likely N-dealkylation sites (tertiary alicyclic amines) is 1. The zero-order chi connectivity index (χ0) is 18.0. The Hall–Kier alpha value is -1.85. The predicted molar refractivity (Wildman–Crippen MR) is 99.0 cm³/mol. The Labute approximate surface area is 150 Å². The molecule has 2 aromatic rings. The Kier molecular flexibility index (Phi) is 5.45. The van der Waals surface area contributed by atoms with Crippen molar-refractivity contribution in [3.8, 4) is 5.75 Å². The van der Waals surface area contributed by atoms with Gasteiger partial charge >= 0.3 is 0 Å². The number of aliphatic hydroxyl groups is 1. The first-order chi connectivity index (χ1) is 12.0. The van der Waals surface area contributed by atoms with Gasteiger partial charge in [-0.05, 0) is 58.7 Å². The highest BCUT2D eigenvalue weighted by molar-refractivity contribution is 5.35. The third-order valence-corrected chi connectivity index (χ3v) is 5.09. The molecule has 2 N–H and O–H groups in total. The van der Waals surface area contributed by atoms with Gasteiger partial charge in [-0.15, -0.1) is 0 Å². The monoisotopic (exact) mass is 343 g/mol. The van der Waals surface area contributed by atoms with Crippen LogP contribution in [-0.4, -0.2) is 46.0 Å². The van der Waals surface area contributed by atoms with E-state index in [1.54, 1.807) is 0 Å². The number of nitrogens with one attached hydrogen (secondary N) is 1. The Morgan fingerprint density at radius 3 is 2.80 bits per heavy atom. The van der Waals surface area contributed by atoms with Crippen LogP contribution in [-0.2, 0) is 0 Å². The molecule has 1 aromatic heterocycles. The Bertz CT molecular complexity index is 706. The topological polar surface area (TPSA) is 61.4 Å². The first-order valence-corrected chi connectivity index (χ1v) is 9.09. The fraction of sp³-hybridized carbons (Fsp3) is 0.550. The van der Waals surface area contributed by atoms with E-state index in [4.69, 9.17) is 4.74 Å². The number of β-amino-alcohol motifs (C(OH)–C–C–N with tert-alkyl or cyclic N) is 1. The van der Waals surface area contributed by atoms with Gasteiger partial charge in [0, 0.05) is 23.8 Å². The molecule has 1 aliphatic rings. The summed E-state index contributed by atoms with van der Waals surface area (Å²) in [5, 5.41) is 17.9. The van der Waals surface area contributed by atoms with Crippen LogP contribution in [0.15, 0.2) is 18.2 Å². The lowest BCUT2D eigenvalue weighted by Crippen LogP contribution is -2.35. The number of benzene rings is 1. The number of aryl methyl sites for hydroxylation is 4. The fourth-order valence-electron chi connectivity index (χ4n) is 3.89.